The van der Waals surface area contributed by atoms with Gasteiger partial charge >= 0.3 is 0 Å². The van der Waals surface area contributed by atoms with Crippen LogP contribution in [0.25, 0.3) is 0 Å². The second-order valence-electron chi connectivity index (χ2n) is 4.54. The van der Waals surface area contributed by atoms with Crippen LogP contribution in [0, 0.1) is 5.92 Å². The molecule has 0 bridgehead atoms. The number of amides is 3. The fourth-order valence-electron chi connectivity index (χ4n) is 2.26. The molecule has 0 aromatic heterocycles. The average Bonchev–Trinajstić information content (AvgIpc) is 2.33. The van der Waals surface area contributed by atoms with E-state index in [2.05, 4.69) is 10.6 Å². The van der Waals surface area contributed by atoms with E-state index in [1.54, 1.807) is 11.8 Å². The predicted octanol–water partition coefficient (Wildman–Crippen LogP) is -1.14. The van der Waals surface area contributed by atoms with E-state index in [4.69, 9.17) is 0 Å². The van der Waals surface area contributed by atoms with Gasteiger partial charge < -0.3 is 15.5 Å². The van der Waals surface area contributed by atoms with Crippen LogP contribution in [0.3, 0.4) is 0 Å². The lowest BCUT2D eigenvalue weighted by Gasteiger charge is -2.36. The molecular weight excluding hydrogens is 222 g/mol. The fraction of sp³-hybridized carbons (Fsp3) is 0.727. The van der Waals surface area contributed by atoms with Gasteiger partial charge in [-0.25, -0.2) is 0 Å². The Bertz CT molecular complexity index is 346. The number of carbonyl (C=O) groups excluding carboxylic acids is 3. The molecular formula is C11H17N3O3. The monoisotopic (exact) mass is 239 g/mol. The summed E-state index contributed by atoms with van der Waals surface area (Å²) in [7, 11) is 0. The topological polar surface area (TPSA) is 78.5 Å². The smallest absolute Gasteiger partial charge is 0.242 e. The van der Waals surface area contributed by atoms with Crippen molar-refractivity contribution < 1.29 is 14.4 Å². The van der Waals surface area contributed by atoms with Crippen LogP contribution in [0.15, 0.2) is 0 Å². The van der Waals surface area contributed by atoms with E-state index in [1.165, 1.54) is 0 Å². The molecule has 2 aliphatic rings. The van der Waals surface area contributed by atoms with Crippen molar-refractivity contribution in [2.75, 3.05) is 19.6 Å². The molecule has 0 spiro atoms. The van der Waals surface area contributed by atoms with Crippen molar-refractivity contribution in [2.24, 2.45) is 5.92 Å². The Morgan fingerprint density at radius 2 is 2.12 bits per heavy atom. The normalized spacial score (nSPS) is 29.6. The van der Waals surface area contributed by atoms with E-state index in [1.807, 2.05) is 0 Å². The Morgan fingerprint density at radius 3 is 2.76 bits per heavy atom. The number of hydrogen-bond donors (Lipinski definition) is 2. The third-order valence-electron chi connectivity index (χ3n) is 3.40. The summed E-state index contributed by atoms with van der Waals surface area (Å²) in [5.74, 6) is -0.309. The maximum atomic E-state index is 12.2. The summed E-state index contributed by atoms with van der Waals surface area (Å²) >= 11 is 0. The summed E-state index contributed by atoms with van der Waals surface area (Å²) in [6, 6.07) is -0.408. The summed E-state index contributed by atoms with van der Waals surface area (Å²) < 4.78 is 0. The molecule has 2 unspecified atom stereocenters. The molecule has 0 aromatic carbocycles. The summed E-state index contributed by atoms with van der Waals surface area (Å²) in [4.78, 5) is 36.3. The van der Waals surface area contributed by atoms with Gasteiger partial charge in [0.15, 0.2) is 0 Å². The van der Waals surface area contributed by atoms with Crippen molar-refractivity contribution in [1.82, 2.24) is 15.5 Å². The van der Waals surface area contributed by atoms with E-state index in [-0.39, 0.29) is 23.6 Å². The number of nitrogens with one attached hydrogen (secondary N) is 2. The van der Waals surface area contributed by atoms with Crippen LogP contribution >= 0.6 is 0 Å². The Hall–Kier alpha value is -1.59. The van der Waals surface area contributed by atoms with Crippen LogP contribution in [0.1, 0.15) is 19.8 Å². The molecule has 0 radical (unpaired) electrons. The second kappa shape index (κ2) is 4.73. The summed E-state index contributed by atoms with van der Waals surface area (Å²) in [5, 5.41) is 5.42. The number of hydrogen-bond acceptors (Lipinski definition) is 3. The molecule has 2 saturated heterocycles. The highest BCUT2D eigenvalue weighted by molar-refractivity contribution is 5.90. The van der Waals surface area contributed by atoms with Gasteiger partial charge in [-0.3, -0.25) is 14.4 Å². The molecule has 17 heavy (non-hydrogen) atoms. The first-order valence-electron chi connectivity index (χ1n) is 5.94. The lowest BCUT2D eigenvalue weighted by Crippen LogP contribution is -2.58. The van der Waals surface area contributed by atoms with Gasteiger partial charge in [-0.05, 0) is 13.3 Å². The van der Waals surface area contributed by atoms with Crippen molar-refractivity contribution in [3.63, 3.8) is 0 Å². The first-order valence-corrected chi connectivity index (χ1v) is 5.94. The number of piperazine rings is 1. The molecule has 6 heteroatoms. The van der Waals surface area contributed by atoms with Crippen LogP contribution in [0.2, 0.25) is 0 Å². The average molecular weight is 239 g/mol. The first-order chi connectivity index (χ1) is 8.09. The Kier molecular flexibility index (Phi) is 3.31. The number of piperidine rings is 1. The van der Waals surface area contributed by atoms with Crippen molar-refractivity contribution in [3.05, 3.63) is 0 Å². The highest BCUT2D eigenvalue weighted by Crippen LogP contribution is 2.16. The van der Waals surface area contributed by atoms with Gasteiger partial charge in [0, 0.05) is 26.1 Å². The summed E-state index contributed by atoms with van der Waals surface area (Å²) in [5.41, 5.74) is 0. The quantitative estimate of drug-likeness (QED) is 0.607. The van der Waals surface area contributed by atoms with E-state index in [9.17, 15) is 14.4 Å². The largest absolute Gasteiger partial charge is 0.355 e. The molecule has 94 valence electrons. The molecule has 2 heterocycles. The molecule has 2 rings (SSSR count). The van der Waals surface area contributed by atoms with Gasteiger partial charge in [0.1, 0.15) is 6.04 Å². The Morgan fingerprint density at radius 1 is 1.35 bits per heavy atom. The van der Waals surface area contributed by atoms with E-state index in [0.717, 1.165) is 0 Å². The zero-order valence-corrected chi connectivity index (χ0v) is 9.86. The zero-order chi connectivity index (χ0) is 12.4. The third kappa shape index (κ3) is 2.40. The molecule has 0 saturated carbocycles. The van der Waals surface area contributed by atoms with Crippen LogP contribution in [-0.4, -0.2) is 48.3 Å². The van der Waals surface area contributed by atoms with Gasteiger partial charge in [-0.1, -0.05) is 0 Å². The first kappa shape index (κ1) is 11.9. The number of nitrogens with zero attached hydrogens (tertiary/aromatic N) is 1. The van der Waals surface area contributed by atoms with Crippen molar-refractivity contribution >= 4 is 17.7 Å². The van der Waals surface area contributed by atoms with Gasteiger partial charge in [0.25, 0.3) is 0 Å². The molecule has 2 atom stereocenters. The predicted molar refractivity (Wildman–Crippen MR) is 59.9 cm³/mol. The van der Waals surface area contributed by atoms with Gasteiger partial charge in [0.05, 0.1) is 5.92 Å². The fourth-order valence-corrected chi connectivity index (χ4v) is 2.26. The molecule has 0 aliphatic carbocycles. The lowest BCUT2D eigenvalue weighted by molar-refractivity contribution is -0.146. The maximum absolute atomic E-state index is 12.2. The molecule has 2 aliphatic heterocycles. The van der Waals surface area contributed by atoms with Crippen LogP contribution in [0.5, 0.6) is 0 Å². The van der Waals surface area contributed by atoms with Crippen molar-refractivity contribution in [2.45, 2.75) is 25.8 Å². The van der Waals surface area contributed by atoms with Crippen LogP contribution < -0.4 is 10.6 Å². The van der Waals surface area contributed by atoms with Crippen molar-refractivity contribution in [1.29, 1.82) is 0 Å². The number of carbonyl (C=O) groups is 3. The van der Waals surface area contributed by atoms with E-state index in [0.29, 0.717) is 32.5 Å². The SMILES string of the molecule is CC1C(=O)NCCN1C(=O)C1CCC(=O)NC1. The van der Waals surface area contributed by atoms with Crippen molar-refractivity contribution in [3.8, 4) is 0 Å². The molecule has 6 nitrogen and oxygen atoms in total. The lowest BCUT2D eigenvalue weighted by atomic mass is 9.96. The third-order valence-corrected chi connectivity index (χ3v) is 3.40. The zero-order valence-electron chi connectivity index (χ0n) is 9.86. The summed E-state index contributed by atoms with van der Waals surface area (Å²) in [6.45, 7) is 3.18. The molecule has 3 amide bonds. The van der Waals surface area contributed by atoms with Crippen LogP contribution in [-0.2, 0) is 14.4 Å². The Labute approximate surface area is 99.7 Å². The molecule has 2 fully saturated rings. The minimum Gasteiger partial charge on any atom is -0.355 e. The highest BCUT2D eigenvalue weighted by Gasteiger charge is 2.34. The Balaban J connectivity index is 1.99. The van der Waals surface area contributed by atoms with Gasteiger partial charge in [0.2, 0.25) is 17.7 Å². The van der Waals surface area contributed by atoms with Crippen LogP contribution in [0.4, 0.5) is 0 Å². The minimum atomic E-state index is -0.408. The highest BCUT2D eigenvalue weighted by atomic mass is 16.2. The minimum absolute atomic E-state index is 0.00140. The van der Waals surface area contributed by atoms with Gasteiger partial charge in [-0.2, -0.15) is 0 Å². The molecule has 2 N–H and O–H groups in total. The maximum Gasteiger partial charge on any atom is 0.242 e. The van der Waals surface area contributed by atoms with E-state index < -0.39 is 6.04 Å². The van der Waals surface area contributed by atoms with E-state index >= 15 is 0 Å². The second-order valence-corrected chi connectivity index (χ2v) is 4.54. The molecule has 0 aromatic rings. The summed E-state index contributed by atoms with van der Waals surface area (Å²) in [6.07, 6.45) is 0.973. The standard InChI is InChI=1S/C11H17N3O3/c1-7-10(16)12-4-5-14(7)11(17)8-2-3-9(15)13-6-8/h7-8H,2-6H2,1H3,(H,12,16)(H,13,15). The number of rotatable bonds is 1. The van der Waals surface area contributed by atoms with Gasteiger partial charge in [-0.15, -0.1) is 0 Å².